The van der Waals surface area contributed by atoms with Crippen LogP contribution in [-0.2, 0) is 14.3 Å². The van der Waals surface area contributed by atoms with E-state index >= 15 is 0 Å². The standard InChI is InChI=1S/C14H17FN2O3/c15-11-5-3-9(4-6-11)12(13(16)18)17-14(19)10-2-1-7-20-8-10/h3-6,10,12H,1-2,7-8H2,(H2,16,18)(H,17,19)/t10-,12-/m1/s1. The summed E-state index contributed by atoms with van der Waals surface area (Å²) in [5, 5.41) is 2.61. The molecule has 108 valence electrons. The zero-order valence-corrected chi connectivity index (χ0v) is 11.0. The second-order valence-electron chi connectivity index (χ2n) is 4.81. The SMILES string of the molecule is NC(=O)[C@H](NC(=O)[C@@H]1CCCOC1)c1ccc(F)cc1. The molecule has 0 aliphatic carbocycles. The zero-order chi connectivity index (χ0) is 14.5. The normalized spacial score (nSPS) is 20.1. The number of rotatable bonds is 4. The Morgan fingerprint density at radius 2 is 2.05 bits per heavy atom. The van der Waals surface area contributed by atoms with E-state index in [0.29, 0.717) is 18.8 Å². The lowest BCUT2D eigenvalue weighted by Gasteiger charge is -2.24. The fourth-order valence-corrected chi connectivity index (χ4v) is 2.18. The van der Waals surface area contributed by atoms with Crippen LogP contribution in [0.3, 0.4) is 0 Å². The molecule has 1 aromatic carbocycles. The number of ether oxygens (including phenoxy) is 1. The molecule has 0 bridgehead atoms. The fraction of sp³-hybridized carbons (Fsp3) is 0.429. The summed E-state index contributed by atoms with van der Waals surface area (Å²) < 4.78 is 18.1. The van der Waals surface area contributed by atoms with Crippen molar-refractivity contribution in [2.45, 2.75) is 18.9 Å². The maximum Gasteiger partial charge on any atom is 0.244 e. The van der Waals surface area contributed by atoms with Crippen molar-refractivity contribution in [2.24, 2.45) is 11.7 Å². The van der Waals surface area contributed by atoms with Crippen LogP contribution in [-0.4, -0.2) is 25.0 Å². The van der Waals surface area contributed by atoms with Crippen LogP contribution < -0.4 is 11.1 Å². The van der Waals surface area contributed by atoms with E-state index in [1.54, 1.807) is 0 Å². The predicted octanol–water partition coefficient (Wildman–Crippen LogP) is 0.895. The minimum Gasteiger partial charge on any atom is -0.381 e. The predicted molar refractivity (Wildman–Crippen MR) is 70.0 cm³/mol. The summed E-state index contributed by atoms with van der Waals surface area (Å²) in [6.07, 6.45) is 1.54. The molecule has 0 aromatic heterocycles. The molecule has 0 saturated carbocycles. The van der Waals surface area contributed by atoms with Gasteiger partial charge in [-0.1, -0.05) is 12.1 Å². The minimum absolute atomic E-state index is 0.266. The van der Waals surface area contributed by atoms with Crippen molar-refractivity contribution in [1.29, 1.82) is 0 Å². The van der Waals surface area contributed by atoms with Crippen LogP contribution in [0.4, 0.5) is 4.39 Å². The average Bonchev–Trinajstić information content (AvgIpc) is 2.46. The van der Waals surface area contributed by atoms with Gasteiger partial charge in [-0.15, -0.1) is 0 Å². The van der Waals surface area contributed by atoms with Gasteiger partial charge in [0, 0.05) is 6.61 Å². The van der Waals surface area contributed by atoms with Crippen molar-refractivity contribution in [3.05, 3.63) is 35.6 Å². The van der Waals surface area contributed by atoms with Gasteiger partial charge in [0.25, 0.3) is 0 Å². The summed E-state index contributed by atoms with van der Waals surface area (Å²) in [6.45, 7) is 1.00. The maximum absolute atomic E-state index is 12.9. The third kappa shape index (κ3) is 3.54. The highest BCUT2D eigenvalue weighted by Gasteiger charge is 2.26. The largest absolute Gasteiger partial charge is 0.381 e. The van der Waals surface area contributed by atoms with Crippen LogP contribution in [0.2, 0.25) is 0 Å². The van der Waals surface area contributed by atoms with E-state index in [1.165, 1.54) is 24.3 Å². The number of nitrogens with two attached hydrogens (primary N) is 1. The Balaban J connectivity index is 2.07. The Bertz CT molecular complexity index is 484. The first-order chi connectivity index (χ1) is 9.58. The van der Waals surface area contributed by atoms with E-state index in [0.717, 1.165) is 12.8 Å². The molecule has 5 nitrogen and oxygen atoms in total. The van der Waals surface area contributed by atoms with E-state index in [4.69, 9.17) is 10.5 Å². The van der Waals surface area contributed by atoms with E-state index in [1.807, 2.05) is 0 Å². The number of primary amides is 1. The summed E-state index contributed by atoms with van der Waals surface area (Å²) in [4.78, 5) is 23.6. The number of hydrogen-bond acceptors (Lipinski definition) is 3. The highest BCUT2D eigenvalue weighted by atomic mass is 19.1. The number of benzene rings is 1. The van der Waals surface area contributed by atoms with Gasteiger partial charge in [-0.2, -0.15) is 0 Å². The van der Waals surface area contributed by atoms with Gasteiger partial charge < -0.3 is 15.8 Å². The molecule has 1 aromatic rings. The first-order valence-corrected chi connectivity index (χ1v) is 6.51. The van der Waals surface area contributed by atoms with Crippen molar-refractivity contribution in [3.8, 4) is 0 Å². The van der Waals surface area contributed by atoms with Crippen LogP contribution in [0.15, 0.2) is 24.3 Å². The highest BCUT2D eigenvalue weighted by molar-refractivity contribution is 5.88. The second-order valence-corrected chi connectivity index (χ2v) is 4.81. The van der Waals surface area contributed by atoms with Crippen LogP contribution in [0, 0.1) is 11.7 Å². The molecule has 0 radical (unpaired) electrons. The Morgan fingerprint density at radius 3 is 2.60 bits per heavy atom. The third-order valence-corrected chi connectivity index (χ3v) is 3.31. The zero-order valence-electron chi connectivity index (χ0n) is 11.0. The molecule has 1 fully saturated rings. The molecule has 2 atom stereocenters. The molecule has 6 heteroatoms. The van der Waals surface area contributed by atoms with Crippen molar-refractivity contribution in [1.82, 2.24) is 5.32 Å². The molecule has 2 amide bonds. The monoisotopic (exact) mass is 280 g/mol. The first kappa shape index (κ1) is 14.5. The number of halogens is 1. The number of hydrogen-bond donors (Lipinski definition) is 2. The lowest BCUT2D eigenvalue weighted by atomic mass is 9.99. The Hall–Kier alpha value is -1.95. The molecule has 1 aliphatic heterocycles. The molecule has 20 heavy (non-hydrogen) atoms. The van der Waals surface area contributed by atoms with E-state index in [2.05, 4.69) is 5.32 Å². The molecule has 1 heterocycles. The first-order valence-electron chi connectivity index (χ1n) is 6.51. The average molecular weight is 280 g/mol. The molecular formula is C14H17FN2O3. The van der Waals surface area contributed by atoms with Gasteiger partial charge in [0.2, 0.25) is 11.8 Å². The molecule has 0 unspecified atom stereocenters. The minimum atomic E-state index is -0.954. The summed E-state index contributed by atoms with van der Waals surface area (Å²) in [5.74, 6) is -1.63. The molecular weight excluding hydrogens is 263 g/mol. The number of carbonyl (C=O) groups is 2. The topological polar surface area (TPSA) is 81.4 Å². The van der Waals surface area contributed by atoms with Crippen LogP contribution >= 0.6 is 0 Å². The number of nitrogens with one attached hydrogen (secondary N) is 1. The molecule has 3 N–H and O–H groups in total. The lowest BCUT2D eigenvalue weighted by Crippen LogP contribution is -2.42. The summed E-state index contributed by atoms with van der Waals surface area (Å²) in [7, 11) is 0. The fourth-order valence-electron chi connectivity index (χ4n) is 2.18. The number of carbonyl (C=O) groups excluding carboxylic acids is 2. The lowest BCUT2D eigenvalue weighted by molar-refractivity contribution is -0.133. The van der Waals surface area contributed by atoms with E-state index < -0.39 is 17.8 Å². The van der Waals surface area contributed by atoms with Gasteiger partial charge >= 0.3 is 0 Å². The summed E-state index contributed by atoms with van der Waals surface area (Å²) >= 11 is 0. The van der Waals surface area contributed by atoms with Crippen molar-refractivity contribution in [2.75, 3.05) is 13.2 Å². The Kier molecular flexibility index (Phi) is 4.68. The van der Waals surface area contributed by atoms with Crippen molar-refractivity contribution < 1.29 is 18.7 Å². The van der Waals surface area contributed by atoms with Crippen LogP contribution in [0.1, 0.15) is 24.4 Å². The van der Waals surface area contributed by atoms with Gasteiger partial charge in [0.1, 0.15) is 11.9 Å². The molecule has 1 aliphatic rings. The maximum atomic E-state index is 12.9. The number of amides is 2. The van der Waals surface area contributed by atoms with Gasteiger partial charge in [0.15, 0.2) is 0 Å². The Labute approximate surface area is 116 Å². The second kappa shape index (κ2) is 6.47. The third-order valence-electron chi connectivity index (χ3n) is 3.31. The molecule has 2 rings (SSSR count). The van der Waals surface area contributed by atoms with Crippen LogP contribution in [0.5, 0.6) is 0 Å². The van der Waals surface area contributed by atoms with Crippen molar-refractivity contribution in [3.63, 3.8) is 0 Å². The highest BCUT2D eigenvalue weighted by Crippen LogP contribution is 2.18. The van der Waals surface area contributed by atoms with Gasteiger partial charge in [-0.05, 0) is 30.5 Å². The van der Waals surface area contributed by atoms with Crippen molar-refractivity contribution >= 4 is 11.8 Å². The molecule has 0 spiro atoms. The Morgan fingerprint density at radius 1 is 1.35 bits per heavy atom. The van der Waals surface area contributed by atoms with Gasteiger partial charge in [0.05, 0.1) is 12.5 Å². The van der Waals surface area contributed by atoms with Gasteiger partial charge in [-0.3, -0.25) is 9.59 Å². The quantitative estimate of drug-likeness (QED) is 0.859. The van der Waals surface area contributed by atoms with E-state index in [9.17, 15) is 14.0 Å². The summed E-state index contributed by atoms with van der Waals surface area (Å²) in [6, 6.07) is 4.36. The summed E-state index contributed by atoms with van der Waals surface area (Å²) in [5.41, 5.74) is 5.77. The van der Waals surface area contributed by atoms with Gasteiger partial charge in [-0.25, -0.2) is 4.39 Å². The van der Waals surface area contributed by atoms with Crippen LogP contribution in [0.25, 0.3) is 0 Å². The molecule has 1 saturated heterocycles. The smallest absolute Gasteiger partial charge is 0.244 e. The van der Waals surface area contributed by atoms with E-state index in [-0.39, 0.29) is 11.8 Å².